The van der Waals surface area contributed by atoms with Crippen LogP contribution in [0.25, 0.3) is 0 Å². The number of primary amides is 1. The van der Waals surface area contributed by atoms with Crippen molar-refractivity contribution in [3.63, 3.8) is 0 Å². The number of carbonyl (C=O) groups excluding carboxylic acids is 2. The number of amides is 2. The zero-order valence-electron chi connectivity index (χ0n) is 11.5. The van der Waals surface area contributed by atoms with E-state index in [-0.39, 0.29) is 23.9 Å². The van der Waals surface area contributed by atoms with E-state index >= 15 is 0 Å². The van der Waals surface area contributed by atoms with Crippen LogP contribution in [-0.4, -0.2) is 34.8 Å². The fourth-order valence-electron chi connectivity index (χ4n) is 2.55. The van der Waals surface area contributed by atoms with E-state index in [0.717, 1.165) is 19.0 Å². The summed E-state index contributed by atoms with van der Waals surface area (Å²) in [5.74, 6) is -2.53. The van der Waals surface area contributed by atoms with Crippen LogP contribution in [0.5, 0.6) is 0 Å². The normalized spacial score (nSPS) is 18.6. The van der Waals surface area contributed by atoms with Crippen LogP contribution in [0.3, 0.4) is 0 Å². The molecule has 1 saturated heterocycles. The molecular weight excluding hydrogens is 280 g/mol. The lowest BCUT2D eigenvalue weighted by Gasteiger charge is -2.32. The van der Waals surface area contributed by atoms with Gasteiger partial charge in [0.25, 0.3) is 5.91 Å². The standard InChI is InChI=1S/C14H17F2N3O2/c15-10-6-11(16)13(18-7-10)14(21)19-5-1-2-9(8-19)3-4-12(17)20/h6-7,9H,1-5,8H2,(H2,17,20). The molecular formula is C14H17F2N3O2. The van der Waals surface area contributed by atoms with Gasteiger partial charge in [0.15, 0.2) is 11.5 Å². The number of nitrogens with zero attached hydrogens (tertiary/aromatic N) is 2. The minimum absolute atomic E-state index is 0.165. The molecule has 2 amide bonds. The lowest BCUT2D eigenvalue weighted by Crippen LogP contribution is -2.40. The van der Waals surface area contributed by atoms with Crippen LogP contribution in [-0.2, 0) is 4.79 Å². The number of pyridine rings is 1. The summed E-state index contributed by atoms with van der Waals surface area (Å²) in [5.41, 5.74) is 4.75. The summed E-state index contributed by atoms with van der Waals surface area (Å²) in [5, 5.41) is 0. The molecule has 114 valence electrons. The summed E-state index contributed by atoms with van der Waals surface area (Å²) >= 11 is 0. The average molecular weight is 297 g/mol. The molecule has 0 aromatic carbocycles. The number of hydrogen-bond donors (Lipinski definition) is 1. The lowest BCUT2D eigenvalue weighted by molar-refractivity contribution is -0.118. The molecule has 2 heterocycles. The Morgan fingerprint density at radius 2 is 2.19 bits per heavy atom. The Kier molecular flexibility index (Phi) is 4.82. The summed E-state index contributed by atoms with van der Waals surface area (Å²) in [4.78, 5) is 28.1. The van der Waals surface area contributed by atoms with Gasteiger partial charge in [-0.1, -0.05) is 0 Å². The Morgan fingerprint density at radius 3 is 2.86 bits per heavy atom. The second-order valence-corrected chi connectivity index (χ2v) is 5.25. The SMILES string of the molecule is NC(=O)CCC1CCCN(C(=O)c2ncc(F)cc2F)C1. The zero-order valence-corrected chi connectivity index (χ0v) is 11.5. The first-order valence-corrected chi connectivity index (χ1v) is 6.86. The van der Waals surface area contributed by atoms with E-state index in [2.05, 4.69) is 4.98 Å². The predicted octanol–water partition coefficient (Wildman–Crippen LogP) is 1.48. The van der Waals surface area contributed by atoms with E-state index in [1.165, 1.54) is 4.90 Å². The number of halogens is 2. The van der Waals surface area contributed by atoms with E-state index in [1.807, 2.05) is 0 Å². The molecule has 0 spiro atoms. The molecule has 1 aromatic rings. The Hall–Kier alpha value is -2.05. The lowest BCUT2D eigenvalue weighted by atomic mass is 9.93. The molecule has 5 nitrogen and oxygen atoms in total. The number of aromatic nitrogens is 1. The van der Waals surface area contributed by atoms with Crippen molar-refractivity contribution >= 4 is 11.8 Å². The van der Waals surface area contributed by atoms with E-state index in [1.54, 1.807) is 0 Å². The minimum Gasteiger partial charge on any atom is -0.370 e. The van der Waals surface area contributed by atoms with Crippen LogP contribution < -0.4 is 5.73 Å². The van der Waals surface area contributed by atoms with Gasteiger partial charge in [0, 0.05) is 25.6 Å². The van der Waals surface area contributed by atoms with Crippen LogP contribution in [0, 0.1) is 17.6 Å². The van der Waals surface area contributed by atoms with Gasteiger partial charge < -0.3 is 10.6 Å². The van der Waals surface area contributed by atoms with E-state index in [4.69, 9.17) is 5.73 Å². The maximum absolute atomic E-state index is 13.6. The van der Waals surface area contributed by atoms with Gasteiger partial charge in [0.05, 0.1) is 6.20 Å². The summed E-state index contributed by atoms with van der Waals surface area (Å²) in [6.07, 6.45) is 3.38. The Balaban J connectivity index is 2.03. The maximum Gasteiger partial charge on any atom is 0.275 e. The third-order valence-corrected chi connectivity index (χ3v) is 3.62. The number of rotatable bonds is 4. The highest BCUT2D eigenvalue weighted by Crippen LogP contribution is 2.22. The number of likely N-dealkylation sites (tertiary alicyclic amines) is 1. The molecule has 2 rings (SSSR count). The molecule has 0 saturated carbocycles. The van der Waals surface area contributed by atoms with Crippen molar-refractivity contribution in [3.05, 3.63) is 29.6 Å². The van der Waals surface area contributed by atoms with Gasteiger partial charge in [-0.3, -0.25) is 9.59 Å². The smallest absolute Gasteiger partial charge is 0.275 e. The molecule has 7 heteroatoms. The van der Waals surface area contributed by atoms with Gasteiger partial charge in [-0.15, -0.1) is 0 Å². The highest BCUT2D eigenvalue weighted by atomic mass is 19.1. The highest BCUT2D eigenvalue weighted by Gasteiger charge is 2.27. The summed E-state index contributed by atoms with van der Waals surface area (Å²) in [6, 6.07) is 0.648. The van der Waals surface area contributed by atoms with Crippen molar-refractivity contribution in [3.8, 4) is 0 Å². The van der Waals surface area contributed by atoms with Gasteiger partial charge in [0.1, 0.15) is 5.82 Å². The summed E-state index contributed by atoms with van der Waals surface area (Å²) in [7, 11) is 0. The van der Waals surface area contributed by atoms with Gasteiger partial charge in [-0.25, -0.2) is 13.8 Å². The van der Waals surface area contributed by atoms with Crippen molar-refractivity contribution < 1.29 is 18.4 Å². The predicted molar refractivity (Wildman–Crippen MR) is 71.2 cm³/mol. The quantitative estimate of drug-likeness (QED) is 0.914. The van der Waals surface area contributed by atoms with Crippen LogP contribution >= 0.6 is 0 Å². The van der Waals surface area contributed by atoms with E-state index in [9.17, 15) is 18.4 Å². The fraction of sp³-hybridized carbons (Fsp3) is 0.500. The molecule has 1 aliphatic rings. The zero-order chi connectivity index (χ0) is 15.4. The molecule has 21 heavy (non-hydrogen) atoms. The first-order chi connectivity index (χ1) is 9.97. The maximum atomic E-state index is 13.6. The highest BCUT2D eigenvalue weighted by molar-refractivity contribution is 5.92. The van der Waals surface area contributed by atoms with Crippen LogP contribution in [0.1, 0.15) is 36.2 Å². The van der Waals surface area contributed by atoms with Gasteiger partial charge in [0.2, 0.25) is 5.91 Å². The monoisotopic (exact) mass is 297 g/mol. The second kappa shape index (κ2) is 6.60. The average Bonchev–Trinajstić information content (AvgIpc) is 2.45. The molecule has 2 N–H and O–H groups in total. The van der Waals surface area contributed by atoms with Crippen molar-refractivity contribution in [2.45, 2.75) is 25.7 Å². The number of piperidine rings is 1. The molecule has 0 radical (unpaired) electrons. The van der Waals surface area contributed by atoms with E-state index in [0.29, 0.717) is 25.6 Å². The third-order valence-electron chi connectivity index (χ3n) is 3.62. The largest absolute Gasteiger partial charge is 0.370 e. The molecule has 1 fully saturated rings. The molecule has 1 aliphatic heterocycles. The van der Waals surface area contributed by atoms with Crippen molar-refractivity contribution in [1.82, 2.24) is 9.88 Å². The van der Waals surface area contributed by atoms with Crippen molar-refractivity contribution in [1.29, 1.82) is 0 Å². The van der Waals surface area contributed by atoms with Crippen molar-refractivity contribution in [2.75, 3.05) is 13.1 Å². The molecule has 1 aromatic heterocycles. The molecule has 1 unspecified atom stereocenters. The van der Waals surface area contributed by atoms with Gasteiger partial charge in [-0.05, 0) is 25.2 Å². The fourth-order valence-corrected chi connectivity index (χ4v) is 2.55. The van der Waals surface area contributed by atoms with Crippen molar-refractivity contribution in [2.24, 2.45) is 11.7 Å². The number of hydrogen-bond acceptors (Lipinski definition) is 3. The first kappa shape index (κ1) is 15.3. The van der Waals surface area contributed by atoms with E-state index < -0.39 is 17.5 Å². The van der Waals surface area contributed by atoms with Crippen LogP contribution in [0.2, 0.25) is 0 Å². The Bertz CT molecular complexity index is 551. The van der Waals surface area contributed by atoms with Gasteiger partial charge >= 0.3 is 0 Å². The molecule has 0 bridgehead atoms. The molecule has 0 aliphatic carbocycles. The summed E-state index contributed by atoms with van der Waals surface area (Å²) < 4.78 is 26.4. The van der Waals surface area contributed by atoms with Gasteiger partial charge in [-0.2, -0.15) is 0 Å². The van der Waals surface area contributed by atoms with Crippen LogP contribution in [0.15, 0.2) is 12.3 Å². The third kappa shape index (κ3) is 3.96. The summed E-state index contributed by atoms with van der Waals surface area (Å²) in [6.45, 7) is 0.939. The second-order valence-electron chi connectivity index (χ2n) is 5.25. The first-order valence-electron chi connectivity index (χ1n) is 6.86. The van der Waals surface area contributed by atoms with Crippen LogP contribution in [0.4, 0.5) is 8.78 Å². The molecule has 1 atom stereocenters. The number of carbonyl (C=O) groups is 2. The topological polar surface area (TPSA) is 76.3 Å². The Morgan fingerprint density at radius 1 is 1.43 bits per heavy atom. The Labute approximate surface area is 121 Å². The number of nitrogens with two attached hydrogens (primary N) is 1. The minimum atomic E-state index is -0.959.